The predicted octanol–water partition coefficient (Wildman–Crippen LogP) is 4.32. The maximum Gasteiger partial charge on any atom is 0.337 e. The lowest BCUT2D eigenvalue weighted by Gasteiger charge is -2.22. The van der Waals surface area contributed by atoms with Crippen LogP contribution in [0.4, 0.5) is 4.79 Å². The average molecular weight is 496 g/mol. The molecule has 4 rings (SSSR count). The predicted molar refractivity (Wildman–Crippen MR) is 134 cm³/mol. The van der Waals surface area contributed by atoms with Crippen LogP contribution in [0.25, 0.3) is 11.8 Å². The smallest absolute Gasteiger partial charge is 0.337 e. The number of hydrogen-bond donors (Lipinski definition) is 0. The van der Waals surface area contributed by atoms with Gasteiger partial charge < -0.3 is 14.2 Å². The average Bonchev–Trinajstić information content (AvgIpc) is 3.13. The van der Waals surface area contributed by atoms with Gasteiger partial charge in [0.15, 0.2) is 0 Å². The minimum atomic E-state index is -0.435. The van der Waals surface area contributed by atoms with E-state index in [1.54, 1.807) is 23.1 Å². The summed E-state index contributed by atoms with van der Waals surface area (Å²) in [5.74, 6) is -1.01. The number of benzene rings is 1. The van der Waals surface area contributed by atoms with E-state index in [2.05, 4.69) is 0 Å². The number of carbonyl (C=O) groups is 4. The summed E-state index contributed by atoms with van der Waals surface area (Å²) in [4.78, 5) is 53.1. The number of methoxy groups -OCH3 is 1. The molecule has 0 N–H and O–H groups in total. The molecule has 2 saturated heterocycles. The highest BCUT2D eigenvalue weighted by molar-refractivity contribution is 8.18. The van der Waals surface area contributed by atoms with Crippen LogP contribution in [0.1, 0.15) is 53.0 Å². The van der Waals surface area contributed by atoms with Crippen molar-refractivity contribution in [2.24, 2.45) is 0 Å². The van der Waals surface area contributed by atoms with Gasteiger partial charge in [0, 0.05) is 30.2 Å². The van der Waals surface area contributed by atoms with E-state index in [9.17, 15) is 19.2 Å². The molecule has 3 amide bonds. The highest BCUT2D eigenvalue weighted by Gasteiger charge is 2.37. The maximum absolute atomic E-state index is 13.0. The lowest BCUT2D eigenvalue weighted by molar-refractivity contribution is -0.135. The van der Waals surface area contributed by atoms with Crippen molar-refractivity contribution < 1.29 is 23.9 Å². The Balaban J connectivity index is 1.53. The Labute approximate surface area is 208 Å². The van der Waals surface area contributed by atoms with E-state index in [0.29, 0.717) is 23.6 Å². The molecule has 2 aliphatic rings. The largest absolute Gasteiger partial charge is 0.465 e. The summed E-state index contributed by atoms with van der Waals surface area (Å²) in [6.45, 7) is 5.02. The molecule has 3 heterocycles. The molecule has 9 heteroatoms. The number of esters is 1. The van der Waals surface area contributed by atoms with Crippen molar-refractivity contribution in [2.75, 3.05) is 26.7 Å². The van der Waals surface area contributed by atoms with Crippen molar-refractivity contribution in [1.82, 2.24) is 14.4 Å². The minimum absolute atomic E-state index is 0.177. The molecule has 0 aliphatic carbocycles. The van der Waals surface area contributed by atoms with Crippen LogP contribution in [0.15, 0.2) is 35.2 Å². The first-order valence-electron chi connectivity index (χ1n) is 11.7. The van der Waals surface area contributed by atoms with E-state index >= 15 is 0 Å². The topological polar surface area (TPSA) is 88.9 Å². The van der Waals surface area contributed by atoms with Crippen molar-refractivity contribution in [3.63, 3.8) is 0 Å². The fourth-order valence-corrected chi connectivity index (χ4v) is 5.36. The van der Waals surface area contributed by atoms with E-state index in [1.807, 2.05) is 36.6 Å². The number of amides is 3. The van der Waals surface area contributed by atoms with Gasteiger partial charge in [0.2, 0.25) is 5.91 Å². The summed E-state index contributed by atoms with van der Waals surface area (Å²) < 4.78 is 6.77. The number of aromatic nitrogens is 1. The van der Waals surface area contributed by atoms with Crippen LogP contribution in [0.3, 0.4) is 0 Å². The third-order valence-electron chi connectivity index (χ3n) is 6.43. The normalized spacial score (nSPS) is 17.7. The molecule has 2 fully saturated rings. The van der Waals surface area contributed by atoms with Crippen LogP contribution in [-0.4, -0.2) is 64.1 Å². The van der Waals surface area contributed by atoms with Gasteiger partial charge in [-0.05, 0) is 80.4 Å². The summed E-state index contributed by atoms with van der Waals surface area (Å²) in [6.07, 6.45) is 5.82. The molecule has 35 heavy (non-hydrogen) atoms. The number of aryl methyl sites for hydroxylation is 1. The van der Waals surface area contributed by atoms with E-state index in [4.69, 9.17) is 4.74 Å². The Morgan fingerprint density at radius 3 is 2.31 bits per heavy atom. The van der Waals surface area contributed by atoms with E-state index in [1.165, 1.54) is 7.11 Å². The zero-order valence-corrected chi connectivity index (χ0v) is 21.0. The van der Waals surface area contributed by atoms with Crippen molar-refractivity contribution in [2.45, 2.75) is 39.5 Å². The van der Waals surface area contributed by atoms with Gasteiger partial charge in [-0.15, -0.1) is 0 Å². The SMILES string of the molecule is COC(=O)c1ccc(-n2c(C)cc(C=C3SC(=O)N(CC(=O)N4CCCCCC4)C3=O)c2C)cc1. The van der Waals surface area contributed by atoms with Crippen LogP contribution in [0.5, 0.6) is 0 Å². The highest BCUT2D eigenvalue weighted by atomic mass is 32.2. The fraction of sp³-hybridized carbons (Fsp3) is 0.385. The lowest BCUT2D eigenvalue weighted by atomic mass is 10.2. The van der Waals surface area contributed by atoms with Crippen LogP contribution < -0.4 is 0 Å². The monoisotopic (exact) mass is 495 g/mol. The van der Waals surface area contributed by atoms with Crippen molar-refractivity contribution >= 4 is 40.9 Å². The molecule has 0 saturated carbocycles. The molecule has 8 nitrogen and oxygen atoms in total. The second-order valence-electron chi connectivity index (χ2n) is 8.76. The van der Waals surface area contributed by atoms with Gasteiger partial charge in [-0.3, -0.25) is 19.3 Å². The quantitative estimate of drug-likeness (QED) is 0.453. The Bertz CT molecular complexity index is 1190. The van der Waals surface area contributed by atoms with Crippen molar-refractivity contribution in [3.8, 4) is 5.69 Å². The Kier molecular flexibility index (Phi) is 7.45. The van der Waals surface area contributed by atoms with Crippen LogP contribution in [-0.2, 0) is 14.3 Å². The third-order valence-corrected chi connectivity index (χ3v) is 7.34. The molecular weight excluding hydrogens is 466 g/mol. The number of nitrogens with zero attached hydrogens (tertiary/aromatic N) is 3. The van der Waals surface area contributed by atoms with Crippen LogP contribution >= 0.6 is 11.8 Å². The number of ether oxygens (including phenoxy) is 1. The summed E-state index contributed by atoms with van der Waals surface area (Å²) in [5, 5.41) is -0.420. The molecule has 184 valence electrons. The van der Waals surface area contributed by atoms with E-state index in [0.717, 1.165) is 65.0 Å². The van der Waals surface area contributed by atoms with E-state index in [-0.39, 0.29) is 12.5 Å². The first kappa shape index (κ1) is 24.8. The Morgan fingerprint density at radius 2 is 1.69 bits per heavy atom. The Morgan fingerprint density at radius 1 is 1.03 bits per heavy atom. The number of rotatable bonds is 5. The molecule has 1 aromatic carbocycles. The minimum Gasteiger partial charge on any atom is -0.465 e. The zero-order chi connectivity index (χ0) is 25.1. The Hall–Kier alpha value is -3.33. The number of thioether (sulfide) groups is 1. The second kappa shape index (κ2) is 10.5. The molecule has 0 spiro atoms. The molecule has 0 unspecified atom stereocenters. The van der Waals surface area contributed by atoms with Crippen LogP contribution in [0, 0.1) is 13.8 Å². The molecule has 0 bridgehead atoms. The maximum atomic E-state index is 13.0. The number of carbonyl (C=O) groups excluding carboxylic acids is 4. The lowest BCUT2D eigenvalue weighted by Crippen LogP contribution is -2.42. The standard InChI is InChI=1S/C26H29N3O5S/c1-17-14-20(18(2)29(17)21-10-8-19(9-11-21)25(32)34-3)15-22-24(31)28(26(33)35-22)16-23(30)27-12-6-4-5-7-13-27/h8-11,14-15H,4-7,12-13,16H2,1-3H3. The molecule has 2 aliphatic heterocycles. The van der Waals surface area contributed by atoms with E-state index < -0.39 is 17.1 Å². The van der Waals surface area contributed by atoms with Gasteiger partial charge >= 0.3 is 5.97 Å². The first-order valence-corrected chi connectivity index (χ1v) is 12.5. The van der Waals surface area contributed by atoms with Gasteiger partial charge in [-0.2, -0.15) is 0 Å². The number of imide groups is 1. The molecule has 0 radical (unpaired) electrons. The summed E-state index contributed by atoms with van der Waals surface area (Å²) in [7, 11) is 1.34. The van der Waals surface area contributed by atoms with Gasteiger partial charge in [-0.1, -0.05) is 12.8 Å². The van der Waals surface area contributed by atoms with Gasteiger partial charge in [0.05, 0.1) is 17.6 Å². The molecule has 1 aromatic heterocycles. The number of hydrogen-bond acceptors (Lipinski definition) is 6. The van der Waals surface area contributed by atoms with Crippen molar-refractivity contribution in [3.05, 3.63) is 57.8 Å². The van der Waals surface area contributed by atoms with Gasteiger partial charge in [0.25, 0.3) is 11.1 Å². The number of likely N-dealkylation sites (tertiary alicyclic amines) is 1. The summed E-state index contributed by atoms with van der Waals surface area (Å²) in [5.41, 5.74) is 3.96. The molecular formula is C26H29N3O5S. The highest BCUT2D eigenvalue weighted by Crippen LogP contribution is 2.34. The van der Waals surface area contributed by atoms with Crippen molar-refractivity contribution in [1.29, 1.82) is 0 Å². The second-order valence-corrected chi connectivity index (χ2v) is 9.76. The van der Waals surface area contributed by atoms with Crippen LogP contribution in [0.2, 0.25) is 0 Å². The first-order chi connectivity index (χ1) is 16.8. The zero-order valence-electron chi connectivity index (χ0n) is 20.2. The van der Waals surface area contributed by atoms with Gasteiger partial charge in [-0.25, -0.2) is 4.79 Å². The summed E-state index contributed by atoms with van der Waals surface area (Å²) in [6, 6.07) is 9.01. The third kappa shape index (κ3) is 5.19. The fourth-order valence-electron chi connectivity index (χ4n) is 4.53. The summed E-state index contributed by atoms with van der Waals surface area (Å²) >= 11 is 0.864. The molecule has 2 aromatic rings. The van der Waals surface area contributed by atoms with Gasteiger partial charge in [0.1, 0.15) is 6.54 Å². The molecule has 0 atom stereocenters.